The molecule has 0 bridgehead atoms. The number of sulfonamides is 1. The van der Waals surface area contributed by atoms with Gasteiger partial charge in [0.1, 0.15) is 5.75 Å². The summed E-state index contributed by atoms with van der Waals surface area (Å²) in [6.45, 7) is 0. The molecule has 0 amide bonds. The molecule has 19 heavy (non-hydrogen) atoms. The zero-order valence-corrected chi connectivity index (χ0v) is 12.6. The highest BCUT2D eigenvalue weighted by Gasteiger charge is 2.15. The van der Waals surface area contributed by atoms with E-state index in [1.807, 2.05) is 0 Å². The molecule has 2 aromatic rings. The first-order valence-corrected chi connectivity index (χ1v) is 7.81. The molecule has 7 heteroatoms. The van der Waals surface area contributed by atoms with Crippen LogP contribution in [0.2, 0.25) is 5.02 Å². The Bertz CT molecular complexity index is 701. The molecule has 0 aromatic heterocycles. The van der Waals surface area contributed by atoms with Crippen LogP contribution < -0.4 is 4.72 Å². The van der Waals surface area contributed by atoms with Crippen molar-refractivity contribution in [3.8, 4) is 5.75 Å². The standard InChI is InChI=1S/C12H9BrClNO3S/c13-8-1-6-11(14)12(7-8)15-19(17,18)10-4-2-9(16)3-5-10/h1-7,15-16H. The van der Waals surface area contributed by atoms with Crippen molar-refractivity contribution < 1.29 is 13.5 Å². The van der Waals surface area contributed by atoms with Gasteiger partial charge >= 0.3 is 0 Å². The van der Waals surface area contributed by atoms with Gasteiger partial charge < -0.3 is 5.11 Å². The molecule has 0 aliphatic rings. The number of phenols is 1. The third-order valence-electron chi connectivity index (χ3n) is 2.32. The van der Waals surface area contributed by atoms with Crippen LogP contribution in [-0.2, 0) is 10.0 Å². The fraction of sp³-hybridized carbons (Fsp3) is 0. The Morgan fingerprint density at radius 1 is 1.11 bits per heavy atom. The molecule has 0 unspecified atom stereocenters. The monoisotopic (exact) mass is 361 g/mol. The average molecular weight is 363 g/mol. The van der Waals surface area contributed by atoms with E-state index in [9.17, 15) is 8.42 Å². The van der Waals surface area contributed by atoms with Crippen LogP contribution in [0, 0.1) is 0 Å². The number of anilines is 1. The lowest BCUT2D eigenvalue weighted by molar-refractivity contribution is 0.475. The van der Waals surface area contributed by atoms with Gasteiger partial charge in [-0.2, -0.15) is 0 Å². The number of hydrogen-bond donors (Lipinski definition) is 2. The fourth-order valence-electron chi connectivity index (χ4n) is 1.40. The molecule has 0 fully saturated rings. The van der Waals surface area contributed by atoms with Gasteiger partial charge in [-0.3, -0.25) is 4.72 Å². The van der Waals surface area contributed by atoms with Crippen LogP contribution in [0.4, 0.5) is 5.69 Å². The molecule has 0 spiro atoms. The van der Waals surface area contributed by atoms with Crippen molar-refractivity contribution in [1.29, 1.82) is 0 Å². The molecule has 0 aliphatic carbocycles. The van der Waals surface area contributed by atoms with Gasteiger partial charge in [-0.15, -0.1) is 0 Å². The summed E-state index contributed by atoms with van der Waals surface area (Å²) in [5, 5.41) is 9.45. The van der Waals surface area contributed by atoms with E-state index < -0.39 is 10.0 Å². The molecule has 0 radical (unpaired) electrons. The summed E-state index contributed by atoms with van der Waals surface area (Å²) in [5.74, 6) is -0.000520. The minimum atomic E-state index is -3.74. The molecule has 0 saturated carbocycles. The number of rotatable bonds is 3. The van der Waals surface area contributed by atoms with Crippen LogP contribution in [0.15, 0.2) is 51.8 Å². The summed E-state index contributed by atoms with van der Waals surface area (Å²) in [7, 11) is -3.74. The maximum Gasteiger partial charge on any atom is 0.261 e. The predicted octanol–water partition coefficient (Wildman–Crippen LogP) is 3.61. The number of halogens is 2. The third-order valence-corrected chi connectivity index (χ3v) is 4.52. The van der Waals surface area contributed by atoms with Crippen LogP contribution in [0.5, 0.6) is 5.75 Å². The van der Waals surface area contributed by atoms with Crippen molar-refractivity contribution in [2.45, 2.75) is 4.90 Å². The molecule has 4 nitrogen and oxygen atoms in total. The first-order chi connectivity index (χ1) is 8.88. The van der Waals surface area contributed by atoms with Crippen LogP contribution in [-0.4, -0.2) is 13.5 Å². The lowest BCUT2D eigenvalue weighted by Gasteiger charge is -2.10. The summed E-state index contributed by atoms with van der Waals surface area (Å²) in [6.07, 6.45) is 0. The second-order valence-corrected chi connectivity index (χ2v) is 6.73. The number of hydrogen-bond acceptors (Lipinski definition) is 3. The molecule has 0 atom stereocenters. The van der Waals surface area contributed by atoms with Crippen molar-refractivity contribution in [3.05, 3.63) is 52.0 Å². The van der Waals surface area contributed by atoms with Gasteiger partial charge in [0.15, 0.2) is 0 Å². The molecule has 0 saturated heterocycles. The molecule has 2 aromatic carbocycles. The van der Waals surface area contributed by atoms with Gasteiger partial charge in [-0.25, -0.2) is 8.42 Å². The van der Waals surface area contributed by atoms with Crippen LogP contribution in [0.3, 0.4) is 0 Å². The van der Waals surface area contributed by atoms with Gasteiger partial charge in [-0.1, -0.05) is 27.5 Å². The van der Waals surface area contributed by atoms with Gasteiger partial charge in [0, 0.05) is 4.47 Å². The number of phenolic OH excluding ortho intramolecular Hbond substituents is 1. The Labute approximate surface area is 124 Å². The highest BCUT2D eigenvalue weighted by atomic mass is 79.9. The normalized spacial score (nSPS) is 11.3. The Balaban J connectivity index is 2.36. The Hall–Kier alpha value is -1.24. The minimum absolute atomic E-state index is 0.000520. The second kappa shape index (κ2) is 5.40. The van der Waals surface area contributed by atoms with Crippen LogP contribution >= 0.6 is 27.5 Å². The molecular weight excluding hydrogens is 354 g/mol. The first-order valence-electron chi connectivity index (χ1n) is 5.15. The Morgan fingerprint density at radius 2 is 1.74 bits per heavy atom. The summed E-state index contributed by atoms with van der Waals surface area (Å²) >= 11 is 9.17. The number of aromatic hydroxyl groups is 1. The van der Waals surface area contributed by atoms with Crippen molar-refractivity contribution >= 4 is 43.2 Å². The topological polar surface area (TPSA) is 66.4 Å². The summed E-state index contributed by atoms with van der Waals surface area (Å²) in [5.41, 5.74) is 0.282. The molecule has 2 rings (SSSR count). The first kappa shape index (κ1) is 14.2. The average Bonchev–Trinajstić information content (AvgIpc) is 2.34. The molecule has 100 valence electrons. The van der Waals surface area contributed by atoms with Crippen molar-refractivity contribution in [2.24, 2.45) is 0 Å². The Morgan fingerprint density at radius 3 is 2.37 bits per heavy atom. The number of benzene rings is 2. The zero-order valence-electron chi connectivity index (χ0n) is 9.47. The highest BCUT2D eigenvalue weighted by molar-refractivity contribution is 9.10. The van der Waals surface area contributed by atoms with E-state index in [0.717, 1.165) is 0 Å². The van der Waals surface area contributed by atoms with E-state index in [0.29, 0.717) is 9.50 Å². The van der Waals surface area contributed by atoms with Crippen molar-refractivity contribution in [3.63, 3.8) is 0 Å². The molecular formula is C12H9BrClNO3S. The SMILES string of the molecule is O=S(=O)(Nc1cc(Br)ccc1Cl)c1ccc(O)cc1. The zero-order chi connectivity index (χ0) is 14.0. The van der Waals surface area contributed by atoms with Gasteiger partial charge in [0.05, 0.1) is 15.6 Å². The van der Waals surface area contributed by atoms with E-state index in [-0.39, 0.29) is 16.3 Å². The van der Waals surface area contributed by atoms with E-state index in [1.54, 1.807) is 18.2 Å². The lowest BCUT2D eigenvalue weighted by Crippen LogP contribution is -2.13. The molecule has 0 aliphatic heterocycles. The maximum atomic E-state index is 12.1. The predicted molar refractivity (Wildman–Crippen MR) is 78.1 cm³/mol. The second-order valence-electron chi connectivity index (χ2n) is 3.72. The maximum absolute atomic E-state index is 12.1. The quantitative estimate of drug-likeness (QED) is 0.876. The van der Waals surface area contributed by atoms with E-state index in [4.69, 9.17) is 16.7 Å². The van der Waals surface area contributed by atoms with Crippen LogP contribution in [0.1, 0.15) is 0 Å². The summed E-state index contributed by atoms with van der Waals surface area (Å²) in [6, 6.07) is 10.1. The van der Waals surface area contributed by atoms with Gasteiger partial charge in [0.25, 0.3) is 10.0 Å². The van der Waals surface area contributed by atoms with Gasteiger partial charge in [-0.05, 0) is 42.5 Å². The third kappa shape index (κ3) is 3.40. The highest BCUT2D eigenvalue weighted by Crippen LogP contribution is 2.28. The summed E-state index contributed by atoms with van der Waals surface area (Å²) in [4.78, 5) is 0.0429. The Kier molecular flexibility index (Phi) is 4.03. The number of nitrogens with one attached hydrogen (secondary N) is 1. The largest absolute Gasteiger partial charge is 0.508 e. The minimum Gasteiger partial charge on any atom is -0.508 e. The molecule has 0 heterocycles. The van der Waals surface area contributed by atoms with Crippen molar-refractivity contribution in [2.75, 3.05) is 4.72 Å². The van der Waals surface area contributed by atoms with E-state index in [2.05, 4.69) is 20.7 Å². The van der Waals surface area contributed by atoms with Crippen LogP contribution in [0.25, 0.3) is 0 Å². The van der Waals surface area contributed by atoms with E-state index in [1.165, 1.54) is 24.3 Å². The lowest BCUT2D eigenvalue weighted by atomic mass is 10.3. The van der Waals surface area contributed by atoms with E-state index >= 15 is 0 Å². The fourth-order valence-corrected chi connectivity index (χ4v) is 3.06. The smallest absolute Gasteiger partial charge is 0.261 e. The molecule has 2 N–H and O–H groups in total. The van der Waals surface area contributed by atoms with Gasteiger partial charge in [0.2, 0.25) is 0 Å². The summed E-state index contributed by atoms with van der Waals surface area (Å²) < 4.78 is 27.3. The van der Waals surface area contributed by atoms with Crippen molar-refractivity contribution in [1.82, 2.24) is 0 Å².